The van der Waals surface area contributed by atoms with E-state index in [-0.39, 0.29) is 5.84 Å². The van der Waals surface area contributed by atoms with E-state index >= 15 is 0 Å². The number of oxime groups is 1. The average Bonchev–Trinajstić information content (AvgIpc) is 2.34. The Morgan fingerprint density at radius 3 is 2.67 bits per heavy atom. The van der Waals surface area contributed by atoms with Crippen molar-refractivity contribution < 1.29 is 9.94 Å². The van der Waals surface area contributed by atoms with Crippen LogP contribution in [0.5, 0.6) is 5.75 Å². The molecule has 0 aliphatic rings. The highest BCUT2D eigenvalue weighted by Crippen LogP contribution is 2.23. The molecule has 0 heterocycles. The standard InChI is InChI=1S/C14H22N2O2/c1-10-8-11(2)12(3)13(9-10)18-7-5-4-6-14(15)16-17/h8-9,17H,4-7H2,1-3H3,(H2,15,16). The Morgan fingerprint density at radius 2 is 2.00 bits per heavy atom. The third-order valence-electron chi connectivity index (χ3n) is 2.98. The third-order valence-corrected chi connectivity index (χ3v) is 2.98. The molecule has 0 fully saturated rings. The second kappa shape index (κ2) is 6.89. The van der Waals surface area contributed by atoms with Crippen LogP contribution < -0.4 is 10.5 Å². The zero-order chi connectivity index (χ0) is 13.5. The summed E-state index contributed by atoms with van der Waals surface area (Å²) in [7, 11) is 0. The van der Waals surface area contributed by atoms with Crippen molar-refractivity contribution in [2.24, 2.45) is 10.9 Å². The van der Waals surface area contributed by atoms with Crippen LogP contribution in [0.15, 0.2) is 17.3 Å². The van der Waals surface area contributed by atoms with Crippen LogP contribution in [0.4, 0.5) is 0 Å². The molecule has 0 saturated carbocycles. The van der Waals surface area contributed by atoms with Crippen molar-refractivity contribution in [1.29, 1.82) is 0 Å². The molecule has 4 nitrogen and oxygen atoms in total. The maximum Gasteiger partial charge on any atom is 0.139 e. The molecule has 1 aromatic rings. The van der Waals surface area contributed by atoms with Gasteiger partial charge in [0.1, 0.15) is 11.6 Å². The molecule has 0 aliphatic heterocycles. The quantitative estimate of drug-likeness (QED) is 0.268. The van der Waals surface area contributed by atoms with E-state index in [1.54, 1.807) is 0 Å². The fourth-order valence-electron chi connectivity index (χ4n) is 1.79. The van der Waals surface area contributed by atoms with Gasteiger partial charge in [-0.25, -0.2) is 0 Å². The topological polar surface area (TPSA) is 67.8 Å². The first-order valence-electron chi connectivity index (χ1n) is 6.21. The van der Waals surface area contributed by atoms with Crippen LogP contribution in [0.2, 0.25) is 0 Å². The molecule has 4 heteroatoms. The lowest BCUT2D eigenvalue weighted by Crippen LogP contribution is -2.11. The van der Waals surface area contributed by atoms with E-state index in [0.717, 1.165) is 18.6 Å². The van der Waals surface area contributed by atoms with E-state index in [2.05, 4.69) is 38.1 Å². The Balaban J connectivity index is 2.40. The van der Waals surface area contributed by atoms with Crippen molar-refractivity contribution in [3.63, 3.8) is 0 Å². The molecule has 0 radical (unpaired) electrons. The van der Waals surface area contributed by atoms with Gasteiger partial charge in [0.2, 0.25) is 0 Å². The van der Waals surface area contributed by atoms with Gasteiger partial charge in [0.15, 0.2) is 0 Å². The SMILES string of the molecule is Cc1cc(C)c(C)c(OCCCCC(N)=NO)c1. The van der Waals surface area contributed by atoms with Crippen LogP contribution in [0.1, 0.15) is 36.0 Å². The number of rotatable bonds is 6. The highest BCUT2D eigenvalue weighted by atomic mass is 16.5. The zero-order valence-corrected chi connectivity index (χ0v) is 11.4. The summed E-state index contributed by atoms with van der Waals surface area (Å²) in [4.78, 5) is 0. The van der Waals surface area contributed by atoms with E-state index in [9.17, 15) is 0 Å². The summed E-state index contributed by atoms with van der Waals surface area (Å²) in [5, 5.41) is 11.3. The molecular formula is C14H22N2O2. The van der Waals surface area contributed by atoms with Crippen LogP contribution in [0.25, 0.3) is 0 Å². The predicted molar refractivity (Wildman–Crippen MR) is 73.4 cm³/mol. The van der Waals surface area contributed by atoms with Gasteiger partial charge in [-0.2, -0.15) is 0 Å². The number of benzene rings is 1. The Morgan fingerprint density at radius 1 is 1.28 bits per heavy atom. The Labute approximate surface area is 108 Å². The Bertz CT molecular complexity index is 428. The molecule has 1 aromatic carbocycles. The van der Waals surface area contributed by atoms with Gasteiger partial charge < -0.3 is 15.7 Å². The fourth-order valence-corrected chi connectivity index (χ4v) is 1.79. The summed E-state index contributed by atoms with van der Waals surface area (Å²) in [5.41, 5.74) is 9.05. The summed E-state index contributed by atoms with van der Waals surface area (Å²) < 4.78 is 5.77. The van der Waals surface area contributed by atoms with Gasteiger partial charge in [-0.1, -0.05) is 11.2 Å². The molecule has 0 atom stereocenters. The monoisotopic (exact) mass is 250 g/mol. The lowest BCUT2D eigenvalue weighted by molar-refractivity contribution is 0.303. The van der Waals surface area contributed by atoms with Gasteiger partial charge in [0.05, 0.1) is 6.61 Å². The van der Waals surface area contributed by atoms with Gasteiger partial charge in [-0.3, -0.25) is 0 Å². The van der Waals surface area contributed by atoms with Crippen molar-refractivity contribution in [1.82, 2.24) is 0 Å². The van der Waals surface area contributed by atoms with Gasteiger partial charge in [0.25, 0.3) is 0 Å². The van der Waals surface area contributed by atoms with Crippen LogP contribution in [-0.2, 0) is 0 Å². The second-order valence-corrected chi connectivity index (χ2v) is 4.60. The normalized spacial score (nSPS) is 11.6. The molecule has 1 rings (SSSR count). The number of hydrogen-bond donors (Lipinski definition) is 2. The third kappa shape index (κ3) is 4.28. The van der Waals surface area contributed by atoms with Crippen molar-refractivity contribution in [2.45, 2.75) is 40.0 Å². The van der Waals surface area contributed by atoms with Crippen molar-refractivity contribution >= 4 is 5.84 Å². The molecule has 100 valence electrons. The van der Waals surface area contributed by atoms with Crippen molar-refractivity contribution in [2.75, 3.05) is 6.61 Å². The Hall–Kier alpha value is -1.71. The second-order valence-electron chi connectivity index (χ2n) is 4.60. The molecule has 0 bridgehead atoms. The van der Waals surface area contributed by atoms with Gasteiger partial charge in [-0.15, -0.1) is 0 Å². The minimum Gasteiger partial charge on any atom is -0.493 e. The van der Waals surface area contributed by atoms with Gasteiger partial charge in [-0.05, 0) is 56.4 Å². The largest absolute Gasteiger partial charge is 0.493 e. The first-order chi connectivity index (χ1) is 8.54. The summed E-state index contributed by atoms with van der Waals surface area (Å²) in [6.45, 7) is 6.88. The highest BCUT2D eigenvalue weighted by molar-refractivity contribution is 5.79. The van der Waals surface area contributed by atoms with E-state index < -0.39 is 0 Å². The summed E-state index contributed by atoms with van der Waals surface area (Å²) in [6.07, 6.45) is 2.36. The van der Waals surface area contributed by atoms with E-state index in [4.69, 9.17) is 15.7 Å². The highest BCUT2D eigenvalue weighted by Gasteiger charge is 2.03. The molecule has 3 N–H and O–H groups in total. The zero-order valence-electron chi connectivity index (χ0n) is 11.4. The van der Waals surface area contributed by atoms with Gasteiger partial charge in [0, 0.05) is 6.42 Å². The van der Waals surface area contributed by atoms with E-state index in [0.29, 0.717) is 13.0 Å². The molecule has 0 saturated heterocycles. The minimum absolute atomic E-state index is 0.276. The number of ether oxygens (including phenoxy) is 1. The summed E-state index contributed by atoms with van der Waals surface area (Å²) in [6, 6.07) is 4.21. The Kier molecular flexibility index (Phi) is 5.49. The predicted octanol–water partition coefficient (Wildman–Crippen LogP) is 2.91. The minimum atomic E-state index is 0.276. The van der Waals surface area contributed by atoms with Gasteiger partial charge >= 0.3 is 0 Å². The maximum absolute atomic E-state index is 8.40. The number of unbranched alkanes of at least 4 members (excludes halogenated alkanes) is 1. The number of aryl methyl sites for hydroxylation is 2. The molecule has 0 aliphatic carbocycles. The molecule has 0 amide bonds. The number of nitrogens with two attached hydrogens (primary N) is 1. The first-order valence-corrected chi connectivity index (χ1v) is 6.21. The molecule has 0 spiro atoms. The maximum atomic E-state index is 8.40. The van der Waals surface area contributed by atoms with E-state index in [1.165, 1.54) is 16.7 Å². The molecule has 0 unspecified atom stereocenters. The van der Waals surface area contributed by atoms with Crippen molar-refractivity contribution in [3.05, 3.63) is 28.8 Å². The fraction of sp³-hybridized carbons (Fsp3) is 0.500. The van der Waals surface area contributed by atoms with Crippen LogP contribution in [0.3, 0.4) is 0 Å². The molecular weight excluding hydrogens is 228 g/mol. The smallest absolute Gasteiger partial charge is 0.139 e. The number of nitrogens with zero attached hydrogens (tertiary/aromatic N) is 1. The molecule has 0 aromatic heterocycles. The van der Waals surface area contributed by atoms with Crippen LogP contribution in [0, 0.1) is 20.8 Å². The van der Waals surface area contributed by atoms with Crippen LogP contribution >= 0.6 is 0 Å². The lowest BCUT2D eigenvalue weighted by Gasteiger charge is -2.12. The number of amidine groups is 1. The summed E-state index contributed by atoms with van der Waals surface area (Å²) in [5.74, 6) is 1.23. The van der Waals surface area contributed by atoms with E-state index in [1.807, 2.05) is 0 Å². The lowest BCUT2D eigenvalue weighted by atomic mass is 10.1. The molecule has 18 heavy (non-hydrogen) atoms. The first kappa shape index (κ1) is 14.4. The average molecular weight is 250 g/mol. The number of hydrogen-bond acceptors (Lipinski definition) is 3. The summed E-state index contributed by atoms with van der Waals surface area (Å²) >= 11 is 0. The van der Waals surface area contributed by atoms with Crippen LogP contribution in [-0.4, -0.2) is 17.6 Å². The van der Waals surface area contributed by atoms with Crippen molar-refractivity contribution in [3.8, 4) is 5.75 Å².